The fourth-order valence-corrected chi connectivity index (χ4v) is 2.24. The first-order chi connectivity index (χ1) is 12.8. The van der Waals surface area contributed by atoms with Crippen molar-refractivity contribution >= 4 is 29.1 Å². The van der Waals surface area contributed by atoms with Crippen molar-refractivity contribution in [1.82, 2.24) is 15.2 Å². The van der Waals surface area contributed by atoms with Crippen LogP contribution >= 0.6 is 0 Å². The lowest BCUT2D eigenvalue weighted by molar-refractivity contribution is -0.114. The van der Waals surface area contributed by atoms with Crippen LogP contribution in [0.5, 0.6) is 0 Å². The average Bonchev–Trinajstić information content (AvgIpc) is 2.61. The second-order valence-corrected chi connectivity index (χ2v) is 6.18. The number of benzene rings is 1. The van der Waals surface area contributed by atoms with Crippen LogP contribution in [0.1, 0.15) is 27.9 Å². The van der Waals surface area contributed by atoms with Gasteiger partial charge in [0.25, 0.3) is 11.8 Å². The largest absolute Gasteiger partial charge is 0.349 e. The number of likely N-dealkylation sites (N-methyl/N-ethyl adjacent to an activating group) is 1. The number of carbonyl (C=O) groups excluding carboxylic acids is 3. The van der Waals surface area contributed by atoms with Crippen molar-refractivity contribution in [2.75, 3.05) is 37.8 Å². The third-order valence-electron chi connectivity index (χ3n) is 3.50. The van der Waals surface area contributed by atoms with E-state index >= 15 is 0 Å². The van der Waals surface area contributed by atoms with E-state index in [4.69, 9.17) is 0 Å². The quantitative estimate of drug-likeness (QED) is 0.688. The molecule has 8 heteroatoms. The predicted octanol–water partition coefficient (Wildman–Crippen LogP) is 1.58. The number of anilines is 2. The van der Waals surface area contributed by atoms with Crippen molar-refractivity contribution < 1.29 is 14.4 Å². The molecule has 3 N–H and O–H groups in total. The average molecular weight is 369 g/mol. The fraction of sp³-hybridized carbons (Fsp3) is 0.263. The molecule has 0 radical (unpaired) electrons. The standard InChI is InChI=1S/C19H23N5O3/c1-13(25)21-14-6-4-7-15(12-14)22-19(27)17-9-5-8-16(23-17)18(26)20-10-11-24(2)3/h4-9,12H,10-11H2,1-3H3,(H,20,26)(H,21,25)(H,22,27). The number of rotatable bonds is 7. The van der Waals surface area contributed by atoms with Gasteiger partial charge in [-0.2, -0.15) is 0 Å². The van der Waals surface area contributed by atoms with Gasteiger partial charge < -0.3 is 20.9 Å². The molecule has 0 atom stereocenters. The van der Waals surface area contributed by atoms with Gasteiger partial charge in [-0.15, -0.1) is 0 Å². The minimum Gasteiger partial charge on any atom is -0.349 e. The Bertz CT molecular complexity index is 836. The van der Waals surface area contributed by atoms with Crippen molar-refractivity contribution in [2.45, 2.75) is 6.92 Å². The Morgan fingerprint density at radius 2 is 1.52 bits per heavy atom. The van der Waals surface area contributed by atoms with Crippen LogP contribution in [0, 0.1) is 0 Å². The Balaban J connectivity index is 2.04. The summed E-state index contributed by atoms with van der Waals surface area (Å²) in [6.45, 7) is 2.60. The van der Waals surface area contributed by atoms with E-state index in [0.717, 1.165) is 0 Å². The van der Waals surface area contributed by atoms with Gasteiger partial charge in [-0.25, -0.2) is 4.98 Å². The number of nitrogens with zero attached hydrogens (tertiary/aromatic N) is 2. The number of hydrogen-bond acceptors (Lipinski definition) is 5. The molecule has 0 bridgehead atoms. The van der Waals surface area contributed by atoms with Crippen molar-refractivity contribution in [3.8, 4) is 0 Å². The molecule has 3 amide bonds. The molecule has 0 aliphatic rings. The zero-order chi connectivity index (χ0) is 19.8. The van der Waals surface area contributed by atoms with Crippen molar-refractivity contribution in [3.63, 3.8) is 0 Å². The summed E-state index contributed by atoms with van der Waals surface area (Å²) in [5.41, 5.74) is 1.38. The second kappa shape index (κ2) is 9.44. The summed E-state index contributed by atoms with van der Waals surface area (Å²) in [5, 5.41) is 8.11. The molecule has 2 aromatic rings. The zero-order valence-corrected chi connectivity index (χ0v) is 15.6. The van der Waals surface area contributed by atoms with E-state index in [-0.39, 0.29) is 23.2 Å². The van der Waals surface area contributed by atoms with Crippen LogP contribution in [-0.4, -0.2) is 54.8 Å². The molecule has 0 aliphatic carbocycles. The van der Waals surface area contributed by atoms with Gasteiger partial charge in [0.1, 0.15) is 11.4 Å². The molecule has 0 saturated carbocycles. The number of carbonyl (C=O) groups is 3. The summed E-state index contributed by atoms with van der Waals surface area (Å²) in [6.07, 6.45) is 0. The minimum atomic E-state index is -0.446. The second-order valence-electron chi connectivity index (χ2n) is 6.18. The molecule has 0 unspecified atom stereocenters. The number of nitrogens with one attached hydrogen (secondary N) is 3. The zero-order valence-electron chi connectivity index (χ0n) is 15.6. The van der Waals surface area contributed by atoms with E-state index in [2.05, 4.69) is 20.9 Å². The van der Waals surface area contributed by atoms with Gasteiger partial charge >= 0.3 is 0 Å². The summed E-state index contributed by atoms with van der Waals surface area (Å²) in [6, 6.07) is 11.5. The molecule has 1 aromatic heterocycles. The van der Waals surface area contributed by atoms with Gasteiger partial charge in [-0.05, 0) is 44.4 Å². The number of amides is 3. The van der Waals surface area contributed by atoms with Gasteiger partial charge in [0, 0.05) is 31.4 Å². The molecule has 0 saturated heterocycles. The van der Waals surface area contributed by atoms with Crippen LogP contribution in [0.2, 0.25) is 0 Å². The van der Waals surface area contributed by atoms with Gasteiger partial charge in [-0.1, -0.05) is 12.1 Å². The fourth-order valence-electron chi connectivity index (χ4n) is 2.24. The molecule has 0 spiro atoms. The maximum Gasteiger partial charge on any atom is 0.274 e. The molecule has 27 heavy (non-hydrogen) atoms. The molecular weight excluding hydrogens is 346 g/mol. The van der Waals surface area contributed by atoms with E-state index in [0.29, 0.717) is 24.5 Å². The number of aromatic nitrogens is 1. The first kappa shape index (κ1) is 20.1. The van der Waals surface area contributed by atoms with E-state index < -0.39 is 5.91 Å². The summed E-state index contributed by atoms with van der Waals surface area (Å²) < 4.78 is 0. The van der Waals surface area contributed by atoms with Crippen molar-refractivity contribution in [1.29, 1.82) is 0 Å². The summed E-state index contributed by atoms with van der Waals surface area (Å²) in [7, 11) is 3.83. The highest BCUT2D eigenvalue weighted by molar-refractivity contribution is 6.04. The molecule has 1 heterocycles. The molecule has 0 fully saturated rings. The van der Waals surface area contributed by atoms with E-state index in [1.807, 2.05) is 19.0 Å². The maximum atomic E-state index is 12.4. The molecule has 1 aromatic carbocycles. The highest BCUT2D eigenvalue weighted by Crippen LogP contribution is 2.16. The van der Waals surface area contributed by atoms with Crippen molar-refractivity contribution in [2.24, 2.45) is 0 Å². The van der Waals surface area contributed by atoms with Crippen LogP contribution in [0.15, 0.2) is 42.5 Å². The number of hydrogen-bond donors (Lipinski definition) is 3. The van der Waals surface area contributed by atoms with Gasteiger partial charge in [0.05, 0.1) is 0 Å². The molecule has 2 rings (SSSR count). The Hall–Kier alpha value is -3.26. The molecule has 142 valence electrons. The van der Waals surface area contributed by atoms with Crippen LogP contribution in [0.3, 0.4) is 0 Å². The first-order valence-electron chi connectivity index (χ1n) is 8.44. The van der Waals surface area contributed by atoms with E-state index in [1.54, 1.807) is 36.4 Å². The Kier molecular flexibility index (Phi) is 7.01. The van der Waals surface area contributed by atoms with Gasteiger partial charge in [-0.3, -0.25) is 14.4 Å². The molecule has 0 aliphatic heterocycles. The lowest BCUT2D eigenvalue weighted by atomic mass is 10.2. The van der Waals surface area contributed by atoms with Gasteiger partial charge in [0.15, 0.2) is 0 Å². The van der Waals surface area contributed by atoms with E-state index in [9.17, 15) is 14.4 Å². The summed E-state index contributed by atoms with van der Waals surface area (Å²) in [5.74, 6) is -0.981. The highest BCUT2D eigenvalue weighted by atomic mass is 16.2. The topological polar surface area (TPSA) is 103 Å². The van der Waals surface area contributed by atoms with Crippen LogP contribution < -0.4 is 16.0 Å². The highest BCUT2D eigenvalue weighted by Gasteiger charge is 2.12. The molecule has 8 nitrogen and oxygen atoms in total. The Morgan fingerprint density at radius 1 is 0.926 bits per heavy atom. The third-order valence-corrected chi connectivity index (χ3v) is 3.50. The Morgan fingerprint density at radius 3 is 2.15 bits per heavy atom. The SMILES string of the molecule is CC(=O)Nc1cccc(NC(=O)c2cccc(C(=O)NCCN(C)C)n2)c1. The minimum absolute atomic E-state index is 0.125. The Labute approximate surface area is 158 Å². The predicted molar refractivity (Wildman–Crippen MR) is 104 cm³/mol. The summed E-state index contributed by atoms with van der Waals surface area (Å²) in [4.78, 5) is 41.8. The van der Waals surface area contributed by atoms with Crippen LogP contribution in [-0.2, 0) is 4.79 Å². The van der Waals surface area contributed by atoms with E-state index in [1.165, 1.54) is 13.0 Å². The smallest absolute Gasteiger partial charge is 0.274 e. The monoisotopic (exact) mass is 369 g/mol. The normalized spacial score (nSPS) is 10.4. The van der Waals surface area contributed by atoms with Gasteiger partial charge in [0.2, 0.25) is 5.91 Å². The first-order valence-corrected chi connectivity index (χ1v) is 8.44. The van der Waals surface area contributed by atoms with Crippen LogP contribution in [0.25, 0.3) is 0 Å². The molecular formula is C19H23N5O3. The third kappa shape index (κ3) is 6.52. The lowest BCUT2D eigenvalue weighted by Gasteiger charge is -2.11. The summed E-state index contributed by atoms with van der Waals surface area (Å²) >= 11 is 0. The maximum absolute atomic E-state index is 12.4. The lowest BCUT2D eigenvalue weighted by Crippen LogP contribution is -2.32. The van der Waals surface area contributed by atoms with Crippen LogP contribution in [0.4, 0.5) is 11.4 Å². The van der Waals surface area contributed by atoms with Crippen molar-refractivity contribution in [3.05, 3.63) is 53.9 Å². The number of pyridine rings is 1.